The third-order valence-corrected chi connectivity index (χ3v) is 8.66. The van der Waals surface area contributed by atoms with E-state index in [4.69, 9.17) is 14.2 Å². The average molecular weight is 615 g/mol. The van der Waals surface area contributed by atoms with Gasteiger partial charge >= 0.3 is 0 Å². The van der Waals surface area contributed by atoms with E-state index < -0.39 is 0 Å². The van der Waals surface area contributed by atoms with Crippen LogP contribution >= 0.6 is 15.9 Å². The summed E-state index contributed by atoms with van der Waals surface area (Å²) < 4.78 is 20.2. The molecule has 2 heterocycles. The molecule has 0 aliphatic carbocycles. The maximum atomic E-state index is 13.2. The van der Waals surface area contributed by atoms with Gasteiger partial charge in [-0.1, -0.05) is 32.9 Å². The molecule has 0 spiro atoms. The van der Waals surface area contributed by atoms with Crippen molar-refractivity contribution in [2.45, 2.75) is 65.2 Å². The summed E-state index contributed by atoms with van der Waals surface area (Å²) in [6, 6.07) is 10.4. The first-order valence-corrected chi connectivity index (χ1v) is 15.5. The van der Waals surface area contributed by atoms with Gasteiger partial charge in [0, 0.05) is 23.6 Å². The van der Waals surface area contributed by atoms with E-state index in [0.717, 1.165) is 71.7 Å². The summed E-state index contributed by atoms with van der Waals surface area (Å²) in [5.74, 6) is 2.21. The number of benzene rings is 2. The van der Waals surface area contributed by atoms with Crippen LogP contribution in [-0.4, -0.2) is 67.6 Å². The Morgan fingerprint density at radius 1 is 1.10 bits per heavy atom. The molecule has 7 nitrogen and oxygen atoms in total. The molecule has 0 radical (unpaired) electrons. The lowest BCUT2D eigenvalue weighted by Crippen LogP contribution is -2.33. The predicted molar refractivity (Wildman–Crippen MR) is 165 cm³/mol. The van der Waals surface area contributed by atoms with E-state index in [1.54, 1.807) is 7.11 Å². The quantitative estimate of drug-likeness (QED) is 0.202. The number of hydrogen-bond acceptors (Lipinski definition) is 6. The highest BCUT2D eigenvalue weighted by molar-refractivity contribution is 9.10. The predicted octanol–water partition coefficient (Wildman–Crippen LogP) is 6.60. The molecular weight excluding hydrogens is 570 g/mol. The molecular formula is C32H44BrN3O4. The van der Waals surface area contributed by atoms with Gasteiger partial charge in [-0.15, -0.1) is 0 Å². The number of hydrogen-bond donors (Lipinski definition) is 0. The Bertz CT molecular complexity index is 1330. The van der Waals surface area contributed by atoms with Gasteiger partial charge < -0.3 is 19.1 Å². The topological polar surface area (TPSA) is 65.8 Å². The van der Waals surface area contributed by atoms with Crippen molar-refractivity contribution >= 4 is 26.8 Å². The molecule has 218 valence electrons. The summed E-state index contributed by atoms with van der Waals surface area (Å²) >= 11 is 3.60. The highest BCUT2D eigenvalue weighted by atomic mass is 79.9. The molecule has 1 aliphatic rings. The summed E-state index contributed by atoms with van der Waals surface area (Å²) in [5.41, 5.74) is 4.05. The lowest BCUT2D eigenvalue weighted by Gasteiger charge is -2.33. The first kappa shape index (κ1) is 30.7. The molecule has 8 heteroatoms. The molecule has 0 amide bonds. The van der Waals surface area contributed by atoms with Crippen LogP contribution < -0.4 is 10.3 Å². The number of halogens is 1. The summed E-state index contributed by atoms with van der Waals surface area (Å²) in [5, 5.41) is 0.593. The summed E-state index contributed by atoms with van der Waals surface area (Å²) in [7, 11) is 1.67. The second-order valence-electron chi connectivity index (χ2n) is 10.8. The lowest BCUT2D eigenvalue weighted by atomic mass is 9.87. The van der Waals surface area contributed by atoms with E-state index >= 15 is 0 Å². The van der Waals surface area contributed by atoms with Crippen LogP contribution in [0.1, 0.15) is 75.2 Å². The molecule has 1 aromatic heterocycles. The normalized spacial score (nSPS) is 15.6. The van der Waals surface area contributed by atoms with Crippen molar-refractivity contribution in [1.82, 2.24) is 14.5 Å². The number of aryl methyl sites for hydroxylation is 1. The van der Waals surface area contributed by atoms with Gasteiger partial charge in [0.15, 0.2) is 0 Å². The zero-order chi connectivity index (χ0) is 28.6. The van der Waals surface area contributed by atoms with Gasteiger partial charge in [0.1, 0.15) is 18.2 Å². The molecule has 1 aliphatic heterocycles. The van der Waals surface area contributed by atoms with Crippen LogP contribution in [0.4, 0.5) is 0 Å². The van der Waals surface area contributed by atoms with Gasteiger partial charge in [-0.2, -0.15) is 4.98 Å². The van der Waals surface area contributed by atoms with Crippen molar-refractivity contribution in [2.24, 2.45) is 0 Å². The largest absolute Gasteiger partial charge is 0.491 e. The molecule has 4 rings (SSSR count). The van der Waals surface area contributed by atoms with Crippen molar-refractivity contribution in [1.29, 1.82) is 0 Å². The molecule has 1 unspecified atom stereocenters. The number of fused-ring (bicyclic) bond motifs is 1. The van der Waals surface area contributed by atoms with Gasteiger partial charge in [-0.05, 0) is 97.3 Å². The van der Waals surface area contributed by atoms with Crippen LogP contribution in [0.5, 0.6) is 5.75 Å². The van der Waals surface area contributed by atoms with Gasteiger partial charge in [0.25, 0.3) is 5.56 Å². The third-order valence-electron chi connectivity index (χ3n) is 8.00. The molecule has 1 fully saturated rings. The van der Waals surface area contributed by atoms with Crippen LogP contribution in [0.25, 0.3) is 16.6 Å². The number of rotatable bonds is 13. The van der Waals surface area contributed by atoms with E-state index in [1.807, 2.05) is 18.2 Å². The first-order chi connectivity index (χ1) is 19.4. The Morgan fingerprint density at radius 3 is 2.55 bits per heavy atom. The Labute approximate surface area is 247 Å². The van der Waals surface area contributed by atoms with Gasteiger partial charge in [0.2, 0.25) is 0 Å². The van der Waals surface area contributed by atoms with E-state index in [2.05, 4.69) is 70.2 Å². The van der Waals surface area contributed by atoms with Crippen molar-refractivity contribution < 1.29 is 14.2 Å². The molecule has 0 N–H and O–H groups in total. The van der Waals surface area contributed by atoms with Gasteiger partial charge in [-0.3, -0.25) is 9.36 Å². The van der Waals surface area contributed by atoms with Crippen molar-refractivity contribution in [3.8, 4) is 11.4 Å². The molecule has 3 aromatic rings. The Morgan fingerprint density at radius 2 is 1.85 bits per heavy atom. The second-order valence-corrected chi connectivity index (χ2v) is 11.7. The van der Waals surface area contributed by atoms with E-state index in [0.29, 0.717) is 37.7 Å². The minimum Gasteiger partial charge on any atom is -0.491 e. The van der Waals surface area contributed by atoms with Crippen molar-refractivity contribution in [3.63, 3.8) is 0 Å². The van der Waals surface area contributed by atoms with Crippen molar-refractivity contribution in [2.75, 3.05) is 53.2 Å². The SMILES string of the molecule is CCCN1CCC(c2cc(C)c(-n3c(C(C)CC)nc(=O)c4c(Br)cccc43)cc2OCCOCCOC)CC1. The molecule has 0 saturated carbocycles. The molecule has 1 saturated heterocycles. The van der Waals surface area contributed by atoms with Crippen LogP contribution in [0.15, 0.2) is 39.6 Å². The molecule has 1 atom stereocenters. The molecule has 40 heavy (non-hydrogen) atoms. The minimum absolute atomic E-state index is 0.108. The number of nitrogens with zero attached hydrogens (tertiary/aromatic N) is 3. The summed E-state index contributed by atoms with van der Waals surface area (Å²) in [4.78, 5) is 20.3. The standard InChI is InChI=1S/C32H44BrN3O4/c1-6-13-35-14-11-24(12-15-35)25-20-23(4)28(21-29(25)40-19-18-39-17-16-38-5)36-27-10-8-9-26(33)30(27)32(37)34-31(36)22(3)7-2/h8-10,20-22,24H,6-7,11-19H2,1-5H3. The zero-order valence-corrected chi connectivity index (χ0v) is 26.3. The third kappa shape index (κ3) is 6.96. The first-order valence-electron chi connectivity index (χ1n) is 14.7. The number of likely N-dealkylation sites (tertiary alicyclic amines) is 1. The van der Waals surface area contributed by atoms with E-state index in [9.17, 15) is 4.79 Å². The van der Waals surface area contributed by atoms with Crippen LogP contribution in [0.3, 0.4) is 0 Å². The number of piperidine rings is 1. The Kier molecular flexibility index (Phi) is 11.2. The monoisotopic (exact) mass is 613 g/mol. The zero-order valence-electron chi connectivity index (χ0n) is 24.7. The lowest BCUT2D eigenvalue weighted by molar-refractivity contribution is 0.0541. The molecule has 0 bridgehead atoms. The Hall–Kier alpha value is -2.26. The smallest absolute Gasteiger partial charge is 0.281 e. The van der Waals surface area contributed by atoms with Gasteiger partial charge in [0.05, 0.1) is 36.4 Å². The maximum Gasteiger partial charge on any atom is 0.281 e. The number of ether oxygens (including phenoxy) is 3. The fraction of sp³-hybridized carbons (Fsp3) is 0.562. The molecule has 2 aromatic carbocycles. The highest BCUT2D eigenvalue weighted by Crippen LogP contribution is 2.39. The van der Waals surface area contributed by atoms with Crippen LogP contribution in [0.2, 0.25) is 0 Å². The highest BCUT2D eigenvalue weighted by Gasteiger charge is 2.26. The summed E-state index contributed by atoms with van der Waals surface area (Å²) in [6.07, 6.45) is 4.30. The fourth-order valence-electron chi connectivity index (χ4n) is 5.63. The number of aromatic nitrogens is 2. The second kappa shape index (κ2) is 14.6. The van der Waals surface area contributed by atoms with E-state index in [-0.39, 0.29) is 11.5 Å². The van der Waals surface area contributed by atoms with Crippen molar-refractivity contribution in [3.05, 3.63) is 62.1 Å². The van der Waals surface area contributed by atoms with E-state index in [1.165, 1.54) is 12.0 Å². The average Bonchev–Trinajstić information content (AvgIpc) is 2.95. The minimum atomic E-state index is -0.202. The number of methoxy groups -OCH3 is 1. The fourth-order valence-corrected chi connectivity index (χ4v) is 6.16. The Balaban J connectivity index is 1.80. The van der Waals surface area contributed by atoms with Crippen LogP contribution in [0, 0.1) is 6.92 Å². The van der Waals surface area contributed by atoms with Gasteiger partial charge in [-0.25, -0.2) is 0 Å². The maximum absolute atomic E-state index is 13.2. The van der Waals surface area contributed by atoms with Crippen LogP contribution in [-0.2, 0) is 9.47 Å². The summed E-state index contributed by atoms with van der Waals surface area (Å²) in [6.45, 7) is 14.1.